The summed E-state index contributed by atoms with van der Waals surface area (Å²) in [6.45, 7) is 3.36. The standard InChI is InChI=1S/C26H30N4O3S/c1-29(34(32,33)24-8-6-14-27-18-24)20-26(31)28-17-23-7-2-3-9-25(23)22-12-10-21(11-13-22)19-30-15-4-5-16-30/h2-3,6-14,18H,4-5,15-17,19-20H2,1H3,(H,28,31). The lowest BCUT2D eigenvalue weighted by atomic mass is 9.98. The molecular formula is C26H30N4O3S. The number of nitrogens with one attached hydrogen (secondary N) is 1. The number of nitrogens with zero attached hydrogens (tertiary/aromatic N) is 3. The maximum Gasteiger partial charge on any atom is 0.244 e. The van der Waals surface area contributed by atoms with E-state index in [0.29, 0.717) is 6.54 Å². The van der Waals surface area contributed by atoms with Gasteiger partial charge in [-0.1, -0.05) is 48.5 Å². The molecule has 8 heteroatoms. The zero-order valence-corrected chi connectivity index (χ0v) is 20.2. The van der Waals surface area contributed by atoms with Crippen molar-refractivity contribution in [1.29, 1.82) is 0 Å². The Bertz CT molecular complexity index is 1210. The van der Waals surface area contributed by atoms with Crippen molar-refractivity contribution in [2.24, 2.45) is 0 Å². The fourth-order valence-corrected chi connectivity index (χ4v) is 5.25. The minimum Gasteiger partial charge on any atom is -0.351 e. The van der Waals surface area contributed by atoms with Gasteiger partial charge in [-0.05, 0) is 60.3 Å². The average Bonchev–Trinajstić information content (AvgIpc) is 3.37. The van der Waals surface area contributed by atoms with Gasteiger partial charge in [0.25, 0.3) is 0 Å². The van der Waals surface area contributed by atoms with Gasteiger partial charge in [0.05, 0.1) is 6.54 Å². The predicted molar refractivity (Wildman–Crippen MR) is 132 cm³/mol. The van der Waals surface area contributed by atoms with Crippen LogP contribution in [0.2, 0.25) is 0 Å². The molecule has 0 aliphatic carbocycles. The van der Waals surface area contributed by atoms with Gasteiger partial charge in [-0.2, -0.15) is 4.31 Å². The zero-order chi connectivity index (χ0) is 24.0. The molecule has 0 spiro atoms. The van der Waals surface area contributed by atoms with E-state index in [2.05, 4.69) is 39.5 Å². The van der Waals surface area contributed by atoms with E-state index in [4.69, 9.17) is 0 Å². The fraction of sp³-hybridized carbons (Fsp3) is 0.308. The van der Waals surface area contributed by atoms with Crippen LogP contribution in [-0.2, 0) is 27.9 Å². The van der Waals surface area contributed by atoms with Crippen molar-refractivity contribution < 1.29 is 13.2 Å². The Kier molecular flexibility index (Phi) is 7.72. The minimum absolute atomic E-state index is 0.0591. The van der Waals surface area contributed by atoms with E-state index in [9.17, 15) is 13.2 Å². The molecule has 1 saturated heterocycles. The highest BCUT2D eigenvalue weighted by Crippen LogP contribution is 2.25. The lowest BCUT2D eigenvalue weighted by Crippen LogP contribution is -2.38. The lowest BCUT2D eigenvalue weighted by molar-refractivity contribution is -0.121. The number of benzene rings is 2. The van der Waals surface area contributed by atoms with E-state index in [1.165, 1.54) is 57.0 Å². The molecule has 2 heterocycles. The fourth-order valence-electron chi connectivity index (χ4n) is 4.16. The zero-order valence-electron chi connectivity index (χ0n) is 19.4. The van der Waals surface area contributed by atoms with Gasteiger partial charge in [-0.3, -0.25) is 14.7 Å². The molecule has 4 rings (SSSR count). The van der Waals surface area contributed by atoms with Crippen LogP contribution in [0.25, 0.3) is 11.1 Å². The third-order valence-corrected chi connectivity index (χ3v) is 7.86. The van der Waals surface area contributed by atoms with Crippen LogP contribution in [0.4, 0.5) is 0 Å². The number of rotatable bonds is 9. The molecule has 34 heavy (non-hydrogen) atoms. The van der Waals surface area contributed by atoms with E-state index in [0.717, 1.165) is 27.5 Å². The van der Waals surface area contributed by atoms with Gasteiger partial charge >= 0.3 is 0 Å². The van der Waals surface area contributed by atoms with Crippen molar-refractivity contribution in [1.82, 2.24) is 19.5 Å². The highest BCUT2D eigenvalue weighted by molar-refractivity contribution is 7.89. The molecule has 178 valence electrons. The van der Waals surface area contributed by atoms with Crippen LogP contribution in [0.1, 0.15) is 24.0 Å². The van der Waals surface area contributed by atoms with Gasteiger partial charge in [0.15, 0.2) is 0 Å². The molecule has 1 aliphatic heterocycles. The van der Waals surface area contributed by atoms with E-state index in [1.807, 2.05) is 24.3 Å². The number of hydrogen-bond donors (Lipinski definition) is 1. The number of carbonyl (C=O) groups is 1. The number of aromatic nitrogens is 1. The van der Waals surface area contributed by atoms with Crippen molar-refractivity contribution in [2.45, 2.75) is 30.8 Å². The Hall–Kier alpha value is -3.07. The SMILES string of the molecule is CN(CC(=O)NCc1ccccc1-c1ccc(CN2CCCC2)cc1)S(=O)(=O)c1cccnc1. The molecule has 1 aliphatic rings. The third kappa shape index (κ3) is 5.88. The first-order valence-electron chi connectivity index (χ1n) is 11.5. The van der Waals surface area contributed by atoms with Crippen LogP contribution in [0.3, 0.4) is 0 Å². The molecule has 7 nitrogen and oxygen atoms in total. The minimum atomic E-state index is -3.77. The van der Waals surface area contributed by atoms with Crippen molar-refractivity contribution >= 4 is 15.9 Å². The second-order valence-corrected chi connectivity index (χ2v) is 10.6. The molecule has 2 aromatic carbocycles. The Morgan fingerprint density at radius 3 is 2.47 bits per heavy atom. The van der Waals surface area contributed by atoms with Gasteiger partial charge in [0, 0.05) is 32.5 Å². The van der Waals surface area contributed by atoms with Gasteiger partial charge in [-0.15, -0.1) is 0 Å². The summed E-state index contributed by atoms with van der Waals surface area (Å²) in [4.78, 5) is 18.9. The summed E-state index contributed by atoms with van der Waals surface area (Å²) >= 11 is 0. The number of likely N-dealkylation sites (tertiary alicyclic amines) is 1. The van der Waals surface area contributed by atoms with Crippen LogP contribution in [0, 0.1) is 0 Å². The van der Waals surface area contributed by atoms with Crippen molar-refractivity contribution in [3.05, 3.63) is 84.2 Å². The summed E-state index contributed by atoms with van der Waals surface area (Å²) in [7, 11) is -2.39. The van der Waals surface area contributed by atoms with Crippen molar-refractivity contribution in [2.75, 3.05) is 26.7 Å². The van der Waals surface area contributed by atoms with Gasteiger partial charge in [0.1, 0.15) is 4.90 Å². The summed E-state index contributed by atoms with van der Waals surface area (Å²) < 4.78 is 26.3. The molecule has 0 saturated carbocycles. The third-order valence-electron chi connectivity index (χ3n) is 6.07. The van der Waals surface area contributed by atoms with E-state index < -0.39 is 10.0 Å². The summed E-state index contributed by atoms with van der Waals surface area (Å²) in [5, 5.41) is 2.86. The highest BCUT2D eigenvalue weighted by Gasteiger charge is 2.23. The number of pyridine rings is 1. The summed E-state index contributed by atoms with van der Waals surface area (Å²) in [5.74, 6) is -0.370. The molecular weight excluding hydrogens is 448 g/mol. The molecule has 0 unspecified atom stereocenters. The molecule has 1 N–H and O–H groups in total. The first-order chi connectivity index (χ1) is 16.4. The summed E-state index contributed by atoms with van der Waals surface area (Å²) in [5.41, 5.74) is 4.41. The van der Waals surface area contributed by atoms with E-state index in [-0.39, 0.29) is 17.3 Å². The lowest BCUT2D eigenvalue weighted by Gasteiger charge is -2.17. The maximum atomic E-state index is 12.6. The van der Waals surface area contributed by atoms with Gasteiger partial charge in [-0.25, -0.2) is 8.42 Å². The Morgan fingerprint density at radius 2 is 1.76 bits per heavy atom. The number of amides is 1. The quantitative estimate of drug-likeness (QED) is 0.510. The highest BCUT2D eigenvalue weighted by atomic mass is 32.2. The number of hydrogen-bond acceptors (Lipinski definition) is 5. The number of likely N-dealkylation sites (N-methyl/N-ethyl adjacent to an activating group) is 1. The molecule has 0 bridgehead atoms. The maximum absolute atomic E-state index is 12.6. The Labute approximate surface area is 201 Å². The number of sulfonamides is 1. The molecule has 0 atom stereocenters. The van der Waals surface area contributed by atoms with Crippen LogP contribution < -0.4 is 5.32 Å². The second kappa shape index (κ2) is 10.9. The van der Waals surface area contributed by atoms with E-state index >= 15 is 0 Å². The topological polar surface area (TPSA) is 82.6 Å². The van der Waals surface area contributed by atoms with Crippen LogP contribution in [0.5, 0.6) is 0 Å². The van der Waals surface area contributed by atoms with Crippen molar-refractivity contribution in [3.63, 3.8) is 0 Å². The average molecular weight is 479 g/mol. The van der Waals surface area contributed by atoms with Gasteiger partial charge in [0.2, 0.25) is 15.9 Å². The van der Waals surface area contributed by atoms with Crippen LogP contribution >= 0.6 is 0 Å². The predicted octanol–water partition coefficient (Wildman–Crippen LogP) is 3.28. The Morgan fingerprint density at radius 1 is 1.03 bits per heavy atom. The second-order valence-electron chi connectivity index (χ2n) is 8.56. The molecule has 1 fully saturated rings. The van der Waals surface area contributed by atoms with Crippen LogP contribution in [-0.4, -0.2) is 55.2 Å². The monoisotopic (exact) mass is 478 g/mol. The molecule has 0 radical (unpaired) electrons. The molecule has 1 aromatic heterocycles. The largest absolute Gasteiger partial charge is 0.351 e. The molecule has 1 amide bonds. The first kappa shape index (κ1) is 24.1. The smallest absolute Gasteiger partial charge is 0.244 e. The number of carbonyl (C=O) groups excluding carboxylic acids is 1. The summed E-state index contributed by atoms with van der Waals surface area (Å²) in [6, 6.07) is 19.5. The van der Waals surface area contributed by atoms with Crippen molar-refractivity contribution in [3.8, 4) is 11.1 Å². The van der Waals surface area contributed by atoms with E-state index in [1.54, 1.807) is 6.07 Å². The Balaban J connectivity index is 1.38. The molecule has 3 aromatic rings. The van der Waals surface area contributed by atoms with Crippen LogP contribution in [0.15, 0.2) is 78.0 Å². The summed E-state index contributed by atoms with van der Waals surface area (Å²) in [6.07, 6.45) is 5.34. The normalized spacial score (nSPS) is 14.4. The van der Waals surface area contributed by atoms with Gasteiger partial charge < -0.3 is 5.32 Å². The first-order valence-corrected chi connectivity index (χ1v) is 12.9.